The van der Waals surface area contributed by atoms with E-state index >= 15 is 0 Å². The van der Waals surface area contributed by atoms with Gasteiger partial charge in [0, 0.05) is 18.9 Å². The first-order valence-electron chi connectivity index (χ1n) is 8.15. The number of carbonyl (C=O) groups is 3. The summed E-state index contributed by atoms with van der Waals surface area (Å²) in [5.74, 6) is -1.74. The Bertz CT molecular complexity index is 806. The molecule has 2 N–H and O–H groups in total. The highest BCUT2D eigenvalue weighted by molar-refractivity contribution is 5.96. The van der Waals surface area contributed by atoms with Crippen molar-refractivity contribution >= 4 is 17.8 Å². The van der Waals surface area contributed by atoms with Crippen molar-refractivity contribution in [1.29, 1.82) is 0 Å². The third-order valence-electron chi connectivity index (χ3n) is 4.03. The van der Waals surface area contributed by atoms with E-state index < -0.39 is 23.9 Å². The van der Waals surface area contributed by atoms with Crippen LogP contribution in [0.5, 0.6) is 5.75 Å². The van der Waals surface area contributed by atoms with Gasteiger partial charge in [0.15, 0.2) is 0 Å². The van der Waals surface area contributed by atoms with Crippen LogP contribution >= 0.6 is 0 Å². The molecule has 1 atom stereocenters. The molecular formula is C20H21NO5. The Labute approximate surface area is 151 Å². The lowest BCUT2D eigenvalue weighted by Gasteiger charge is -2.17. The largest absolute Gasteiger partial charge is 0.480 e. The summed E-state index contributed by atoms with van der Waals surface area (Å²) in [6, 6.07) is 10.6. The molecule has 0 saturated carbocycles. The number of ether oxygens (including phenoxy) is 1. The van der Waals surface area contributed by atoms with Gasteiger partial charge >= 0.3 is 11.9 Å². The molecule has 1 amide bonds. The number of carbonyl (C=O) groups excluding carboxylic acids is 2. The summed E-state index contributed by atoms with van der Waals surface area (Å²) in [5.41, 5.74) is 3.16. The van der Waals surface area contributed by atoms with Crippen LogP contribution in [0.1, 0.15) is 34.0 Å². The zero-order valence-electron chi connectivity index (χ0n) is 14.9. The molecule has 2 aromatic carbocycles. The van der Waals surface area contributed by atoms with Gasteiger partial charge in [0.05, 0.1) is 0 Å². The average molecular weight is 355 g/mol. The lowest BCUT2D eigenvalue weighted by Crippen LogP contribution is -2.42. The van der Waals surface area contributed by atoms with Gasteiger partial charge in [0.25, 0.3) is 5.91 Å². The van der Waals surface area contributed by atoms with E-state index in [1.165, 1.54) is 31.2 Å². The monoisotopic (exact) mass is 355 g/mol. The van der Waals surface area contributed by atoms with E-state index in [9.17, 15) is 19.5 Å². The van der Waals surface area contributed by atoms with Crippen molar-refractivity contribution in [1.82, 2.24) is 5.32 Å². The molecule has 6 heteroatoms. The van der Waals surface area contributed by atoms with E-state index in [1.807, 2.05) is 32.0 Å². The highest BCUT2D eigenvalue weighted by Crippen LogP contribution is 2.16. The second-order valence-electron chi connectivity index (χ2n) is 6.06. The molecule has 0 radical (unpaired) electrons. The quantitative estimate of drug-likeness (QED) is 0.614. The van der Waals surface area contributed by atoms with E-state index in [0.29, 0.717) is 5.75 Å². The van der Waals surface area contributed by atoms with Crippen LogP contribution in [0, 0.1) is 13.8 Å². The van der Waals surface area contributed by atoms with Crippen molar-refractivity contribution in [3.8, 4) is 5.75 Å². The van der Waals surface area contributed by atoms with Crippen LogP contribution < -0.4 is 10.1 Å². The molecule has 0 fully saturated rings. The predicted molar refractivity (Wildman–Crippen MR) is 96.3 cm³/mol. The molecule has 0 saturated heterocycles. The average Bonchev–Trinajstić information content (AvgIpc) is 2.57. The fourth-order valence-electron chi connectivity index (χ4n) is 2.66. The van der Waals surface area contributed by atoms with E-state index in [2.05, 4.69) is 5.32 Å². The van der Waals surface area contributed by atoms with Gasteiger partial charge in [-0.1, -0.05) is 18.2 Å². The molecule has 136 valence electrons. The maximum Gasteiger partial charge on any atom is 0.326 e. The van der Waals surface area contributed by atoms with Crippen LogP contribution in [0.25, 0.3) is 0 Å². The van der Waals surface area contributed by atoms with Crippen molar-refractivity contribution in [3.05, 3.63) is 64.7 Å². The molecule has 2 rings (SSSR count). The van der Waals surface area contributed by atoms with Crippen LogP contribution in [0.3, 0.4) is 0 Å². The van der Waals surface area contributed by atoms with Crippen molar-refractivity contribution in [2.75, 3.05) is 0 Å². The first-order valence-corrected chi connectivity index (χ1v) is 8.15. The first kappa shape index (κ1) is 19.2. The summed E-state index contributed by atoms with van der Waals surface area (Å²) in [5, 5.41) is 12.0. The third kappa shape index (κ3) is 4.92. The zero-order chi connectivity index (χ0) is 19.3. The topological polar surface area (TPSA) is 92.7 Å². The molecule has 0 unspecified atom stereocenters. The number of nitrogens with one attached hydrogen (secondary N) is 1. The number of amides is 1. The van der Waals surface area contributed by atoms with E-state index in [4.69, 9.17) is 4.74 Å². The summed E-state index contributed by atoms with van der Waals surface area (Å²) in [6.07, 6.45) is 0.200. The van der Waals surface area contributed by atoms with Crippen molar-refractivity contribution in [3.63, 3.8) is 0 Å². The fourth-order valence-corrected chi connectivity index (χ4v) is 2.66. The number of hydrogen-bond donors (Lipinski definition) is 2. The lowest BCUT2D eigenvalue weighted by molar-refractivity contribution is -0.139. The molecule has 0 aliphatic carbocycles. The summed E-state index contributed by atoms with van der Waals surface area (Å²) in [4.78, 5) is 34.9. The van der Waals surface area contributed by atoms with Crippen LogP contribution in [0.4, 0.5) is 0 Å². The normalized spacial score (nSPS) is 11.5. The number of rotatable bonds is 6. The van der Waals surface area contributed by atoms with Crippen molar-refractivity contribution < 1.29 is 24.2 Å². The summed E-state index contributed by atoms with van der Waals surface area (Å²) in [6.45, 7) is 5.11. The molecule has 0 heterocycles. The van der Waals surface area contributed by atoms with Gasteiger partial charge < -0.3 is 15.2 Å². The molecular weight excluding hydrogens is 334 g/mol. The molecule has 26 heavy (non-hydrogen) atoms. The number of hydrogen-bond acceptors (Lipinski definition) is 4. The second kappa shape index (κ2) is 8.29. The number of aryl methyl sites for hydroxylation is 2. The Kier molecular flexibility index (Phi) is 6.11. The summed E-state index contributed by atoms with van der Waals surface area (Å²) >= 11 is 0. The molecule has 0 aliphatic heterocycles. The molecule has 0 aliphatic rings. The van der Waals surface area contributed by atoms with Crippen molar-refractivity contribution in [2.24, 2.45) is 0 Å². The minimum Gasteiger partial charge on any atom is -0.480 e. The van der Waals surface area contributed by atoms with E-state index in [-0.39, 0.29) is 12.0 Å². The molecule has 0 bridgehead atoms. The standard InChI is InChI=1S/C20H21NO5/c1-12-5-4-6-13(2)17(12)11-18(20(24)25)21-19(23)15-7-9-16(10-8-15)26-14(3)22/h4-10,18H,11H2,1-3H3,(H,21,23)(H,24,25)/t18-/m0/s1. The van der Waals surface area contributed by atoms with Gasteiger partial charge in [-0.15, -0.1) is 0 Å². The second-order valence-corrected chi connectivity index (χ2v) is 6.06. The minimum atomic E-state index is -1.10. The third-order valence-corrected chi connectivity index (χ3v) is 4.03. The van der Waals surface area contributed by atoms with Crippen LogP contribution in [-0.4, -0.2) is 29.0 Å². The van der Waals surface area contributed by atoms with Gasteiger partial charge in [-0.2, -0.15) is 0 Å². The van der Waals surface area contributed by atoms with Gasteiger partial charge in [0.2, 0.25) is 0 Å². The van der Waals surface area contributed by atoms with Crippen LogP contribution in [0.15, 0.2) is 42.5 Å². The molecule has 0 aromatic heterocycles. The fraction of sp³-hybridized carbons (Fsp3) is 0.250. The smallest absolute Gasteiger partial charge is 0.326 e. The van der Waals surface area contributed by atoms with Gasteiger partial charge in [-0.25, -0.2) is 4.79 Å². The van der Waals surface area contributed by atoms with Crippen molar-refractivity contribution in [2.45, 2.75) is 33.2 Å². The van der Waals surface area contributed by atoms with Crippen LogP contribution in [0.2, 0.25) is 0 Å². The maximum absolute atomic E-state index is 12.4. The number of esters is 1. The highest BCUT2D eigenvalue weighted by atomic mass is 16.5. The Morgan fingerprint density at radius 1 is 1.04 bits per heavy atom. The number of carboxylic acid groups (broad SMARTS) is 1. The number of benzene rings is 2. The number of carboxylic acids is 1. The molecule has 0 spiro atoms. The number of aliphatic carboxylic acids is 1. The van der Waals surface area contributed by atoms with E-state index in [1.54, 1.807) is 0 Å². The van der Waals surface area contributed by atoms with Gasteiger partial charge in [-0.05, 0) is 54.8 Å². The predicted octanol–water partition coefficient (Wildman–Crippen LogP) is 2.65. The van der Waals surface area contributed by atoms with Gasteiger partial charge in [0.1, 0.15) is 11.8 Å². The SMILES string of the molecule is CC(=O)Oc1ccc(C(=O)N[C@@H](Cc2c(C)cccc2C)C(=O)O)cc1. The Balaban J connectivity index is 2.13. The Morgan fingerprint density at radius 2 is 1.62 bits per heavy atom. The summed E-state index contributed by atoms with van der Waals surface area (Å²) < 4.78 is 4.91. The molecule has 2 aromatic rings. The Hall–Kier alpha value is -3.15. The highest BCUT2D eigenvalue weighted by Gasteiger charge is 2.22. The minimum absolute atomic E-state index is 0.200. The summed E-state index contributed by atoms with van der Waals surface area (Å²) in [7, 11) is 0. The van der Waals surface area contributed by atoms with Crippen LogP contribution in [-0.2, 0) is 16.0 Å². The Morgan fingerprint density at radius 3 is 2.12 bits per heavy atom. The molecule has 6 nitrogen and oxygen atoms in total. The van der Waals surface area contributed by atoms with E-state index in [0.717, 1.165) is 16.7 Å². The zero-order valence-corrected chi connectivity index (χ0v) is 14.9. The maximum atomic E-state index is 12.4. The van der Waals surface area contributed by atoms with Gasteiger partial charge in [-0.3, -0.25) is 9.59 Å². The lowest BCUT2D eigenvalue weighted by atomic mass is 9.96. The first-order chi connectivity index (χ1) is 12.3.